The van der Waals surface area contributed by atoms with Crippen LogP contribution in [0.3, 0.4) is 0 Å². The van der Waals surface area contributed by atoms with Crippen molar-refractivity contribution in [1.82, 2.24) is 0 Å². The van der Waals surface area contributed by atoms with Gasteiger partial charge < -0.3 is 4.90 Å². The van der Waals surface area contributed by atoms with Gasteiger partial charge in [-0.15, -0.1) is 11.3 Å². The summed E-state index contributed by atoms with van der Waals surface area (Å²) in [7, 11) is 0. The van der Waals surface area contributed by atoms with Gasteiger partial charge in [0.05, 0.1) is 5.41 Å². The van der Waals surface area contributed by atoms with Crippen molar-refractivity contribution in [3.8, 4) is 44.5 Å². The molecule has 10 aromatic rings. The molecule has 0 N–H and O–H groups in total. The molecule has 1 atom stereocenters. The second-order valence-corrected chi connectivity index (χ2v) is 19.7. The molecule has 3 aliphatic rings. The molecule has 1 unspecified atom stereocenters. The lowest BCUT2D eigenvalue weighted by Crippen LogP contribution is -2.33. The van der Waals surface area contributed by atoms with E-state index in [2.05, 4.69) is 243 Å². The summed E-state index contributed by atoms with van der Waals surface area (Å²) in [6.45, 7) is 4.76. The molecule has 0 aliphatic heterocycles. The second-order valence-electron chi connectivity index (χ2n) is 18.6. The molecule has 0 fully saturated rings. The fourth-order valence-corrected chi connectivity index (χ4v) is 13.0. The van der Waals surface area contributed by atoms with Crippen LogP contribution in [-0.4, -0.2) is 0 Å². The molecule has 2 heteroatoms. The Hall–Kier alpha value is -7.52. The summed E-state index contributed by atoms with van der Waals surface area (Å²) in [4.78, 5) is 2.51. The Morgan fingerprint density at radius 2 is 0.909 bits per heavy atom. The van der Waals surface area contributed by atoms with Crippen molar-refractivity contribution in [1.29, 1.82) is 0 Å². The van der Waals surface area contributed by atoms with Gasteiger partial charge in [0, 0.05) is 42.6 Å². The summed E-state index contributed by atoms with van der Waals surface area (Å²) in [6, 6.07) is 78.1. The summed E-state index contributed by atoms with van der Waals surface area (Å²) in [6.07, 6.45) is 9.33. The van der Waals surface area contributed by atoms with Crippen molar-refractivity contribution < 1.29 is 0 Å². The zero-order valence-electron chi connectivity index (χ0n) is 37.1. The first-order valence-corrected chi connectivity index (χ1v) is 24.1. The number of nitrogens with zero attached hydrogens (tertiary/aromatic N) is 1. The fraction of sp³-hybridized carbons (Fsp3) is 0.0938. The number of hydrogen-bond acceptors (Lipinski definition) is 2. The first kappa shape index (κ1) is 38.9. The van der Waals surface area contributed by atoms with Crippen LogP contribution in [0.4, 0.5) is 17.1 Å². The predicted molar refractivity (Wildman–Crippen MR) is 281 cm³/mol. The number of hydrogen-bond donors (Lipinski definition) is 0. The maximum Gasteiger partial charge on any atom is 0.0710 e. The zero-order chi connectivity index (χ0) is 44.0. The van der Waals surface area contributed by atoms with Crippen LogP contribution in [0.2, 0.25) is 0 Å². The first-order chi connectivity index (χ1) is 32.5. The summed E-state index contributed by atoms with van der Waals surface area (Å²) >= 11 is 1.88. The molecule has 0 radical (unpaired) electrons. The maximum absolute atomic E-state index is 2.51. The Morgan fingerprint density at radius 3 is 1.64 bits per heavy atom. The van der Waals surface area contributed by atoms with Gasteiger partial charge in [-0.25, -0.2) is 0 Å². The van der Waals surface area contributed by atoms with E-state index in [0.29, 0.717) is 0 Å². The van der Waals surface area contributed by atoms with Crippen molar-refractivity contribution in [2.24, 2.45) is 0 Å². The molecule has 1 nitrogen and oxygen atoms in total. The van der Waals surface area contributed by atoms with Gasteiger partial charge >= 0.3 is 0 Å². The van der Waals surface area contributed by atoms with Crippen LogP contribution in [0, 0.1) is 0 Å². The number of anilines is 3. The van der Waals surface area contributed by atoms with Crippen molar-refractivity contribution in [3.05, 3.63) is 258 Å². The molecule has 0 saturated heterocycles. The van der Waals surface area contributed by atoms with E-state index in [1.165, 1.54) is 98.1 Å². The quantitative estimate of drug-likeness (QED) is 0.167. The molecule has 13 rings (SSSR count). The smallest absolute Gasteiger partial charge is 0.0710 e. The highest BCUT2D eigenvalue weighted by Gasteiger charge is 2.44. The predicted octanol–water partition coefficient (Wildman–Crippen LogP) is 17.8. The molecule has 0 saturated carbocycles. The van der Waals surface area contributed by atoms with Crippen molar-refractivity contribution in [2.45, 2.75) is 37.5 Å². The van der Waals surface area contributed by atoms with Crippen LogP contribution in [0.1, 0.15) is 54.5 Å². The minimum Gasteiger partial charge on any atom is -0.310 e. The zero-order valence-corrected chi connectivity index (χ0v) is 37.9. The molecule has 9 aromatic carbocycles. The average Bonchev–Trinajstić information content (AvgIpc) is 3.87. The molecule has 314 valence electrons. The van der Waals surface area contributed by atoms with Gasteiger partial charge in [-0.1, -0.05) is 196 Å². The van der Waals surface area contributed by atoms with Gasteiger partial charge in [-0.3, -0.25) is 0 Å². The number of fused-ring (bicyclic) bond motifs is 13. The summed E-state index contributed by atoms with van der Waals surface area (Å²) in [5, 5.41) is 2.61. The highest BCUT2D eigenvalue weighted by Crippen LogP contribution is 2.57. The van der Waals surface area contributed by atoms with Crippen LogP contribution in [0.15, 0.2) is 230 Å². The average molecular weight is 862 g/mol. The summed E-state index contributed by atoms with van der Waals surface area (Å²) in [5.74, 6) is 0. The minimum atomic E-state index is -0.609. The van der Waals surface area contributed by atoms with Crippen molar-refractivity contribution >= 4 is 48.6 Å². The van der Waals surface area contributed by atoms with E-state index >= 15 is 0 Å². The Labute approximate surface area is 391 Å². The lowest BCUT2D eigenvalue weighted by Gasteiger charge is -2.40. The highest BCUT2D eigenvalue weighted by molar-refractivity contribution is 7.25. The third kappa shape index (κ3) is 5.71. The number of thiophene rings is 1. The second kappa shape index (κ2) is 15.0. The molecule has 66 heavy (non-hydrogen) atoms. The highest BCUT2D eigenvalue weighted by atomic mass is 32.1. The van der Waals surface area contributed by atoms with Crippen LogP contribution < -0.4 is 4.90 Å². The molecule has 1 aromatic heterocycles. The van der Waals surface area contributed by atoms with Gasteiger partial charge in [0.25, 0.3) is 0 Å². The van der Waals surface area contributed by atoms with E-state index in [-0.39, 0.29) is 5.41 Å². The Bertz CT molecular complexity index is 3640. The Kier molecular flexibility index (Phi) is 8.85. The largest absolute Gasteiger partial charge is 0.310 e. The van der Waals surface area contributed by atoms with Crippen LogP contribution >= 0.6 is 11.3 Å². The minimum absolute atomic E-state index is 0.145. The normalized spacial score (nSPS) is 16.4. The van der Waals surface area contributed by atoms with Crippen LogP contribution in [0.25, 0.3) is 64.7 Å². The third-order valence-corrected chi connectivity index (χ3v) is 15.9. The Morgan fingerprint density at radius 1 is 0.394 bits per heavy atom. The molecular formula is C64H47NS. The number of allylic oxidation sites excluding steroid dienone is 4. The Balaban J connectivity index is 1.12. The van der Waals surface area contributed by atoms with E-state index in [9.17, 15) is 0 Å². The summed E-state index contributed by atoms with van der Waals surface area (Å²) in [5.41, 5.74) is 20.6. The lowest BCUT2D eigenvalue weighted by atomic mass is 9.61. The van der Waals surface area contributed by atoms with Crippen molar-refractivity contribution in [2.75, 3.05) is 4.90 Å². The SMILES string of the molecule is CC1(C)c2ccccc2-c2ccc(N(c3ccc4c(c3)-c3ccccc3C(C3=CCCC=C3)(c3ccccc3)c3ccccc3-c3ccccc3-4)c3ccc4c(c3)sc3ccccc34)cc21. The molecule has 0 amide bonds. The van der Waals surface area contributed by atoms with Gasteiger partial charge in [-0.05, 0) is 133 Å². The number of benzene rings is 9. The fourth-order valence-electron chi connectivity index (χ4n) is 11.8. The van der Waals surface area contributed by atoms with Crippen molar-refractivity contribution in [3.63, 3.8) is 0 Å². The third-order valence-electron chi connectivity index (χ3n) is 14.8. The van der Waals surface area contributed by atoms with Gasteiger partial charge in [0.2, 0.25) is 0 Å². The molecule has 1 heterocycles. The first-order valence-electron chi connectivity index (χ1n) is 23.3. The summed E-state index contributed by atoms with van der Waals surface area (Å²) < 4.78 is 2.60. The number of rotatable bonds is 5. The van der Waals surface area contributed by atoms with E-state index < -0.39 is 5.41 Å². The van der Waals surface area contributed by atoms with E-state index in [4.69, 9.17) is 0 Å². The van der Waals surface area contributed by atoms with E-state index in [1.807, 2.05) is 11.3 Å². The molecule has 3 aliphatic carbocycles. The van der Waals surface area contributed by atoms with Gasteiger partial charge in [0.15, 0.2) is 0 Å². The van der Waals surface area contributed by atoms with E-state index in [0.717, 1.165) is 29.9 Å². The molecule has 0 bridgehead atoms. The van der Waals surface area contributed by atoms with Gasteiger partial charge in [0.1, 0.15) is 0 Å². The van der Waals surface area contributed by atoms with E-state index in [1.54, 1.807) is 0 Å². The maximum atomic E-state index is 2.51. The standard InChI is InChI=1S/C64H47NS/c1-63(2)57-29-15-11-26-51(57)53-37-34-45(40-60(53)63)65(46-35-38-55-54-28-14-18-32-61(54)66-62(55)41-46)44-33-36-49-47-23-9-10-24-48(47)50-25-12-16-30-58(50)64(42-19-5-3-6-20-42,43-21-7-4-8-22-43)59-31-17-13-27-52(59)56(49)39-44/h3,5-7,9-41H,4,8H2,1-2H3. The van der Waals surface area contributed by atoms with Gasteiger partial charge in [-0.2, -0.15) is 0 Å². The molecule has 0 spiro atoms. The molecular weight excluding hydrogens is 815 g/mol. The van der Waals surface area contributed by atoms with Crippen LogP contribution in [-0.2, 0) is 10.8 Å². The lowest BCUT2D eigenvalue weighted by molar-refractivity contribution is 0.660. The topological polar surface area (TPSA) is 3.24 Å². The monoisotopic (exact) mass is 861 g/mol. The van der Waals surface area contributed by atoms with Crippen LogP contribution in [0.5, 0.6) is 0 Å².